The number of amides is 3. The number of fused-ring (bicyclic) bond motifs is 1. The van der Waals surface area contributed by atoms with E-state index in [-0.39, 0.29) is 12.2 Å². The van der Waals surface area contributed by atoms with E-state index in [4.69, 9.17) is 4.74 Å². The average Bonchev–Trinajstić information content (AvgIpc) is 2.99. The van der Waals surface area contributed by atoms with Gasteiger partial charge in [-0.05, 0) is 92.4 Å². The van der Waals surface area contributed by atoms with Crippen molar-refractivity contribution < 1.29 is 24.2 Å². The summed E-state index contributed by atoms with van der Waals surface area (Å²) in [4.78, 5) is 43.3. The molecule has 0 aromatic heterocycles. The second kappa shape index (κ2) is 14.1. The molecule has 234 valence electrons. The number of phenols is 1. The number of rotatable bonds is 10. The van der Waals surface area contributed by atoms with Crippen molar-refractivity contribution in [2.24, 2.45) is 0 Å². The van der Waals surface area contributed by atoms with E-state index in [9.17, 15) is 19.5 Å². The minimum Gasteiger partial charge on any atom is -0.508 e. The maximum absolute atomic E-state index is 14.6. The third kappa shape index (κ3) is 8.72. The lowest BCUT2D eigenvalue weighted by molar-refractivity contribution is -0.142. The molecule has 8 heteroatoms. The van der Waals surface area contributed by atoms with E-state index in [1.54, 1.807) is 45.0 Å². The molecule has 45 heavy (non-hydrogen) atoms. The van der Waals surface area contributed by atoms with Gasteiger partial charge in [-0.25, -0.2) is 4.79 Å². The van der Waals surface area contributed by atoms with Crippen molar-refractivity contribution in [3.05, 3.63) is 114 Å². The van der Waals surface area contributed by atoms with Crippen molar-refractivity contribution in [1.29, 1.82) is 0 Å². The Bertz CT molecular complexity index is 1670. The molecule has 0 saturated heterocycles. The molecule has 0 aliphatic carbocycles. The molecule has 0 heterocycles. The van der Waals surface area contributed by atoms with Crippen LogP contribution in [-0.2, 0) is 20.7 Å². The van der Waals surface area contributed by atoms with Crippen LogP contribution in [0, 0.1) is 0 Å². The lowest BCUT2D eigenvalue weighted by Gasteiger charge is -2.37. The Kier molecular flexibility index (Phi) is 10.3. The summed E-state index contributed by atoms with van der Waals surface area (Å²) in [5, 5.41) is 17.6. The van der Waals surface area contributed by atoms with E-state index in [2.05, 4.69) is 17.2 Å². The van der Waals surface area contributed by atoms with Crippen LogP contribution in [0.1, 0.15) is 57.4 Å². The van der Waals surface area contributed by atoms with Gasteiger partial charge in [0.1, 0.15) is 23.4 Å². The number of ether oxygens (including phenoxy) is 1. The molecule has 0 aliphatic rings. The summed E-state index contributed by atoms with van der Waals surface area (Å²) < 4.78 is 5.50. The summed E-state index contributed by atoms with van der Waals surface area (Å²) >= 11 is 0. The van der Waals surface area contributed by atoms with E-state index < -0.39 is 41.6 Å². The van der Waals surface area contributed by atoms with Gasteiger partial charge in [-0.3, -0.25) is 9.59 Å². The highest BCUT2D eigenvalue weighted by molar-refractivity contribution is 6.00. The van der Waals surface area contributed by atoms with Gasteiger partial charge in [-0.2, -0.15) is 0 Å². The number of benzene rings is 4. The second-order valence-electron chi connectivity index (χ2n) is 12.2. The zero-order valence-corrected chi connectivity index (χ0v) is 26.4. The van der Waals surface area contributed by atoms with Gasteiger partial charge in [0.25, 0.3) is 5.91 Å². The first-order chi connectivity index (χ1) is 21.3. The third-order valence-electron chi connectivity index (χ3n) is 7.18. The number of phenolic OH excluding ortho intramolecular Hbond substituents is 1. The van der Waals surface area contributed by atoms with Gasteiger partial charge >= 0.3 is 6.09 Å². The monoisotopic (exact) mass is 607 g/mol. The van der Waals surface area contributed by atoms with Crippen molar-refractivity contribution in [2.45, 2.75) is 64.8 Å². The summed E-state index contributed by atoms with van der Waals surface area (Å²) in [6.45, 7) is 12.7. The maximum atomic E-state index is 14.6. The molecule has 0 bridgehead atoms. The first-order valence-corrected chi connectivity index (χ1v) is 15.0. The number of nitrogens with zero attached hydrogens (tertiary/aromatic N) is 1. The van der Waals surface area contributed by atoms with Crippen LogP contribution < -0.4 is 10.6 Å². The number of nitrogens with one attached hydrogen (secondary N) is 2. The van der Waals surface area contributed by atoms with Crippen LogP contribution in [-0.4, -0.2) is 45.6 Å². The van der Waals surface area contributed by atoms with Crippen LogP contribution in [0.15, 0.2) is 97.6 Å². The predicted molar refractivity (Wildman–Crippen MR) is 179 cm³/mol. The summed E-state index contributed by atoms with van der Waals surface area (Å²) in [6, 6.07) is 24.7. The molecule has 0 saturated carbocycles. The zero-order chi connectivity index (χ0) is 32.7. The van der Waals surface area contributed by atoms with E-state index in [1.165, 1.54) is 17.0 Å². The summed E-state index contributed by atoms with van der Waals surface area (Å²) in [7, 11) is 0. The fraction of sp³-hybridized carbons (Fsp3) is 0.270. The Morgan fingerprint density at radius 3 is 2.24 bits per heavy atom. The van der Waals surface area contributed by atoms with Gasteiger partial charge in [0.15, 0.2) is 0 Å². The van der Waals surface area contributed by atoms with Crippen molar-refractivity contribution in [2.75, 3.05) is 5.32 Å². The van der Waals surface area contributed by atoms with Gasteiger partial charge < -0.3 is 25.4 Å². The standard InChI is InChI=1S/C37H41N3O5/c1-7-25-11-10-14-29(21-25)33(34(42)38-30-18-17-27-12-8-9-13-28(27)23-30)40(24(2)3)35(43)32(39-36(44)45-37(4,5)6)22-26-15-19-31(41)20-16-26/h7-21,23-24,32-33,41H,1,22H2,2-6H3,(H,38,42)(H,39,44). The third-order valence-corrected chi connectivity index (χ3v) is 7.18. The lowest BCUT2D eigenvalue weighted by atomic mass is 9.97. The molecular formula is C37H41N3O5. The summed E-state index contributed by atoms with van der Waals surface area (Å²) in [6.07, 6.45) is 1.03. The van der Waals surface area contributed by atoms with Crippen LogP contribution >= 0.6 is 0 Å². The quantitative estimate of drug-likeness (QED) is 0.176. The first-order valence-electron chi connectivity index (χ1n) is 15.0. The number of aromatic hydroxyl groups is 1. The molecule has 0 radical (unpaired) electrons. The number of hydrogen-bond acceptors (Lipinski definition) is 5. The van der Waals surface area contributed by atoms with Crippen LogP contribution in [0.4, 0.5) is 10.5 Å². The van der Waals surface area contributed by atoms with Crippen molar-refractivity contribution >= 4 is 40.4 Å². The van der Waals surface area contributed by atoms with Gasteiger partial charge in [0, 0.05) is 18.2 Å². The Morgan fingerprint density at radius 2 is 1.60 bits per heavy atom. The number of hydrogen-bond donors (Lipinski definition) is 3. The number of anilines is 1. The Hall–Kier alpha value is -5.11. The van der Waals surface area contributed by atoms with Gasteiger partial charge in [-0.15, -0.1) is 0 Å². The minimum absolute atomic E-state index is 0.0815. The predicted octanol–water partition coefficient (Wildman–Crippen LogP) is 7.24. The zero-order valence-electron chi connectivity index (χ0n) is 26.4. The van der Waals surface area contributed by atoms with E-state index in [0.29, 0.717) is 16.8 Å². The van der Waals surface area contributed by atoms with Crippen LogP contribution in [0.5, 0.6) is 5.75 Å². The number of carbonyl (C=O) groups excluding carboxylic acids is 3. The van der Waals surface area contributed by atoms with Crippen molar-refractivity contribution in [3.63, 3.8) is 0 Å². The normalized spacial score (nSPS) is 12.7. The number of carbonyl (C=O) groups is 3. The molecule has 2 atom stereocenters. The fourth-order valence-corrected chi connectivity index (χ4v) is 5.15. The SMILES string of the molecule is C=Cc1cccc(C(C(=O)Nc2ccc3ccccc3c2)N(C(=O)C(Cc2ccc(O)cc2)NC(=O)OC(C)(C)C)C(C)C)c1. The van der Waals surface area contributed by atoms with E-state index in [0.717, 1.165) is 16.3 Å². The molecular weight excluding hydrogens is 566 g/mol. The lowest BCUT2D eigenvalue weighted by Crippen LogP contribution is -2.55. The molecule has 3 amide bonds. The average molecular weight is 608 g/mol. The van der Waals surface area contributed by atoms with Crippen LogP contribution in [0.25, 0.3) is 16.8 Å². The molecule has 4 aromatic carbocycles. The molecule has 2 unspecified atom stereocenters. The molecule has 0 fully saturated rings. The molecule has 0 aliphatic heterocycles. The smallest absolute Gasteiger partial charge is 0.408 e. The highest BCUT2D eigenvalue weighted by Gasteiger charge is 2.38. The minimum atomic E-state index is -1.08. The fourth-order valence-electron chi connectivity index (χ4n) is 5.15. The summed E-state index contributed by atoms with van der Waals surface area (Å²) in [5.41, 5.74) is 1.89. The second-order valence-corrected chi connectivity index (χ2v) is 12.2. The molecule has 8 nitrogen and oxygen atoms in total. The Balaban J connectivity index is 1.76. The number of alkyl carbamates (subject to hydrolysis) is 1. The summed E-state index contributed by atoms with van der Waals surface area (Å²) in [5.74, 6) is -0.793. The molecule has 4 rings (SSSR count). The first kappa shape index (κ1) is 32.8. The Morgan fingerprint density at radius 1 is 0.911 bits per heavy atom. The molecule has 3 N–H and O–H groups in total. The maximum Gasteiger partial charge on any atom is 0.408 e. The van der Waals surface area contributed by atoms with Crippen LogP contribution in [0.3, 0.4) is 0 Å². The molecule has 0 spiro atoms. The highest BCUT2D eigenvalue weighted by Crippen LogP contribution is 2.29. The Labute approximate surface area is 264 Å². The van der Waals surface area contributed by atoms with E-state index >= 15 is 0 Å². The van der Waals surface area contributed by atoms with E-state index in [1.807, 2.05) is 74.5 Å². The topological polar surface area (TPSA) is 108 Å². The largest absolute Gasteiger partial charge is 0.508 e. The van der Waals surface area contributed by atoms with Crippen molar-refractivity contribution in [1.82, 2.24) is 10.2 Å². The van der Waals surface area contributed by atoms with Gasteiger partial charge in [0.2, 0.25) is 5.91 Å². The molecule has 4 aromatic rings. The van der Waals surface area contributed by atoms with Gasteiger partial charge in [0.05, 0.1) is 0 Å². The van der Waals surface area contributed by atoms with Crippen LogP contribution in [0.2, 0.25) is 0 Å². The van der Waals surface area contributed by atoms with Crippen molar-refractivity contribution in [3.8, 4) is 5.75 Å². The highest BCUT2D eigenvalue weighted by atomic mass is 16.6. The van der Waals surface area contributed by atoms with Gasteiger partial charge in [-0.1, -0.05) is 73.3 Å².